The third kappa shape index (κ3) is 7.67. The van der Waals surface area contributed by atoms with Gasteiger partial charge in [-0.05, 0) is 29.8 Å². The van der Waals surface area contributed by atoms with Crippen LogP contribution in [-0.4, -0.2) is 42.1 Å². The molecule has 1 aromatic carbocycles. The van der Waals surface area contributed by atoms with Gasteiger partial charge in [-0.25, -0.2) is 4.39 Å². The summed E-state index contributed by atoms with van der Waals surface area (Å²) < 4.78 is 21.0. The number of aliphatic hydroxyl groups excluding tert-OH is 1. The van der Waals surface area contributed by atoms with Crippen molar-refractivity contribution in [3.63, 3.8) is 0 Å². The second-order valence-corrected chi connectivity index (χ2v) is 7.47. The van der Waals surface area contributed by atoms with E-state index in [0.717, 1.165) is 18.7 Å². The van der Waals surface area contributed by atoms with Crippen molar-refractivity contribution in [2.24, 2.45) is 5.92 Å². The highest BCUT2D eigenvalue weighted by Crippen LogP contribution is 2.09. The van der Waals surface area contributed by atoms with E-state index >= 15 is 0 Å². The summed E-state index contributed by atoms with van der Waals surface area (Å²) in [5.41, 5.74) is 2.12. The number of quaternary nitrogens is 1. The van der Waals surface area contributed by atoms with Crippen molar-refractivity contribution in [2.45, 2.75) is 33.0 Å². The molecule has 1 heterocycles. The van der Waals surface area contributed by atoms with Gasteiger partial charge in [0.05, 0.1) is 25.5 Å². The fourth-order valence-electron chi connectivity index (χ4n) is 3.34. The highest BCUT2D eigenvalue weighted by atomic mass is 19.1. The highest BCUT2D eigenvalue weighted by Gasteiger charge is 2.19. The highest BCUT2D eigenvalue weighted by molar-refractivity contribution is 5.18. The van der Waals surface area contributed by atoms with Crippen LogP contribution in [0.25, 0.3) is 0 Å². The minimum atomic E-state index is -0.509. The number of aliphatic hydroxyl groups is 1. The minimum absolute atomic E-state index is 0.212. The molecule has 0 bridgehead atoms. The van der Waals surface area contributed by atoms with Gasteiger partial charge in [0.2, 0.25) is 0 Å². The lowest BCUT2D eigenvalue weighted by Gasteiger charge is -2.24. The lowest BCUT2D eigenvalue weighted by atomic mass is 10.2. The Kier molecular flexibility index (Phi) is 8.72. The van der Waals surface area contributed by atoms with Gasteiger partial charge in [0.1, 0.15) is 25.0 Å². The van der Waals surface area contributed by atoms with Crippen LogP contribution in [-0.2, 0) is 17.8 Å². The molecule has 1 unspecified atom stereocenters. The number of benzene rings is 1. The summed E-state index contributed by atoms with van der Waals surface area (Å²) in [5.74, 6) is 0.309. The smallest absolute Gasteiger partial charge is 0.126 e. The summed E-state index contributed by atoms with van der Waals surface area (Å²) >= 11 is 0. The van der Waals surface area contributed by atoms with Crippen molar-refractivity contribution in [3.05, 3.63) is 72.3 Å². The van der Waals surface area contributed by atoms with Crippen LogP contribution in [0, 0.1) is 11.7 Å². The van der Waals surface area contributed by atoms with E-state index in [0.29, 0.717) is 32.2 Å². The summed E-state index contributed by atoms with van der Waals surface area (Å²) in [6, 6.07) is 10.8. The zero-order valence-electron chi connectivity index (χ0n) is 16.4. The number of ether oxygens (including phenoxy) is 1. The van der Waals surface area contributed by atoms with E-state index in [-0.39, 0.29) is 5.82 Å². The van der Waals surface area contributed by atoms with Gasteiger partial charge < -0.3 is 19.3 Å². The maximum absolute atomic E-state index is 13.5. The van der Waals surface area contributed by atoms with Crippen molar-refractivity contribution in [1.82, 2.24) is 4.57 Å². The molecule has 27 heavy (non-hydrogen) atoms. The Balaban J connectivity index is 2.02. The van der Waals surface area contributed by atoms with Crippen LogP contribution >= 0.6 is 0 Å². The molecule has 148 valence electrons. The Labute approximate surface area is 161 Å². The van der Waals surface area contributed by atoms with Crippen LogP contribution in [0.15, 0.2) is 55.3 Å². The second kappa shape index (κ2) is 11.0. The van der Waals surface area contributed by atoms with Gasteiger partial charge in [0.25, 0.3) is 0 Å². The van der Waals surface area contributed by atoms with Gasteiger partial charge in [0, 0.05) is 18.7 Å². The second-order valence-electron chi connectivity index (χ2n) is 7.47. The predicted octanol–water partition coefficient (Wildman–Crippen LogP) is 2.28. The Bertz CT molecular complexity index is 699. The Morgan fingerprint density at radius 1 is 1.26 bits per heavy atom. The van der Waals surface area contributed by atoms with Crippen LogP contribution in [0.4, 0.5) is 4.39 Å². The molecule has 0 spiro atoms. The first-order valence-electron chi connectivity index (χ1n) is 9.56. The summed E-state index contributed by atoms with van der Waals surface area (Å²) in [5, 5.41) is 10.3. The van der Waals surface area contributed by atoms with Crippen LogP contribution in [0.3, 0.4) is 0 Å². The van der Waals surface area contributed by atoms with Crippen molar-refractivity contribution >= 4 is 0 Å². The molecule has 4 nitrogen and oxygen atoms in total. The molecule has 5 heteroatoms. The quantitative estimate of drug-likeness (QED) is 0.441. The average Bonchev–Trinajstić information content (AvgIpc) is 3.01. The van der Waals surface area contributed by atoms with Crippen molar-refractivity contribution in [1.29, 1.82) is 0 Å². The first-order chi connectivity index (χ1) is 13.0. The molecule has 0 amide bonds. The summed E-state index contributed by atoms with van der Waals surface area (Å²) in [6.45, 7) is 11.8. The maximum Gasteiger partial charge on any atom is 0.126 e. The number of nitrogens with one attached hydrogen (secondary N) is 1. The fraction of sp³-hybridized carbons (Fsp3) is 0.455. The third-order valence-electron chi connectivity index (χ3n) is 4.36. The van der Waals surface area contributed by atoms with E-state index in [1.807, 2.05) is 18.3 Å². The minimum Gasteiger partial charge on any atom is -0.385 e. The molecule has 0 radical (unpaired) electrons. The number of aromatic nitrogens is 1. The monoisotopic (exact) mass is 375 g/mol. The van der Waals surface area contributed by atoms with Gasteiger partial charge >= 0.3 is 0 Å². The van der Waals surface area contributed by atoms with E-state index in [4.69, 9.17) is 4.74 Å². The van der Waals surface area contributed by atoms with Gasteiger partial charge in [-0.15, -0.1) is 6.58 Å². The lowest BCUT2D eigenvalue weighted by molar-refractivity contribution is -0.920. The van der Waals surface area contributed by atoms with Gasteiger partial charge in [-0.3, -0.25) is 0 Å². The first kappa shape index (κ1) is 21.4. The molecule has 0 saturated carbocycles. The Morgan fingerprint density at radius 3 is 2.78 bits per heavy atom. The van der Waals surface area contributed by atoms with E-state index in [2.05, 4.69) is 31.1 Å². The molecule has 0 aliphatic heterocycles. The molecule has 0 fully saturated rings. The molecule has 2 atom stereocenters. The fourth-order valence-corrected chi connectivity index (χ4v) is 3.34. The number of hydrogen-bond acceptors (Lipinski definition) is 2. The normalized spacial score (nSPS) is 13.7. The molecule has 0 aliphatic carbocycles. The molecule has 1 aromatic heterocycles. The van der Waals surface area contributed by atoms with E-state index in [9.17, 15) is 9.50 Å². The number of nitrogens with zero attached hydrogens (tertiary/aromatic N) is 1. The first-order valence-corrected chi connectivity index (χ1v) is 9.56. The molecule has 0 saturated heterocycles. The number of hydrogen-bond donors (Lipinski definition) is 2. The molecule has 2 rings (SSSR count). The zero-order chi connectivity index (χ0) is 19.6. The van der Waals surface area contributed by atoms with Gasteiger partial charge in [-0.1, -0.05) is 32.1 Å². The average molecular weight is 376 g/mol. The number of halogens is 1. The third-order valence-corrected chi connectivity index (χ3v) is 4.36. The molecule has 2 aromatic rings. The van der Waals surface area contributed by atoms with E-state index in [1.54, 1.807) is 18.2 Å². The maximum atomic E-state index is 13.5. The van der Waals surface area contributed by atoms with E-state index in [1.165, 1.54) is 16.7 Å². The van der Waals surface area contributed by atoms with Crippen LogP contribution in [0.5, 0.6) is 0 Å². The summed E-state index contributed by atoms with van der Waals surface area (Å²) in [7, 11) is 0. The van der Waals surface area contributed by atoms with Crippen molar-refractivity contribution < 1.29 is 19.1 Å². The van der Waals surface area contributed by atoms with Crippen LogP contribution in [0.1, 0.15) is 25.1 Å². The largest absolute Gasteiger partial charge is 0.385 e. The zero-order valence-corrected chi connectivity index (χ0v) is 16.4. The lowest BCUT2D eigenvalue weighted by Crippen LogP contribution is -3.12. The van der Waals surface area contributed by atoms with Crippen molar-refractivity contribution in [2.75, 3.05) is 26.3 Å². The standard InChI is InChI=1S/C22H31FN2O2/c1-4-11-27-17-22(26)16-24(13-18(2)3)15-21-9-6-10-25(21)14-19-7-5-8-20(23)12-19/h4-10,12,18,22,26H,1,11,13-17H2,2-3H3/p+1/t22-/m0/s1. The van der Waals surface area contributed by atoms with Gasteiger partial charge in [-0.2, -0.15) is 0 Å². The van der Waals surface area contributed by atoms with Crippen LogP contribution < -0.4 is 4.90 Å². The Morgan fingerprint density at radius 2 is 2.07 bits per heavy atom. The van der Waals surface area contributed by atoms with Crippen LogP contribution in [0.2, 0.25) is 0 Å². The SMILES string of the molecule is C=CCOC[C@@H](O)C[NH+](Cc1cccn1Cc1cccc(F)c1)CC(C)C. The predicted molar refractivity (Wildman–Crippen MR) is 106 cm³/mol. The van der Waals surface area contributed by atoms with Gasteiger partial charge in [0.15, 0.2) is 0 Å². The molecule has 0 aliphatic rings. The topological polar surface area (TPSA) is 38.8 Å². The number of rotatable bonds is 12. The summed E-state index contributed by atoms with van der Waals surface area (Å²) in [4.78, 5) is 1.30. The Hall–Kier alpha value is -1.95. The van der Waals surface area contributed by atoms with Crippen molar-refractivity contribution in [3.8, 4) is 0 Å². The summed E-state index contributed by atoms with van der Waals surface area (Å²) in [6.07, 6.45) is 3.20. The molecular formula is C22H32FN2O2+. The molecule has 2 N–H and O–H groups in total. The van der Waals surface area contributed by atoms with E-state index < -0.39 is 6.10 Å². The molecular weight excluding hydrogens is 343 g/mol.